The second-order valence-electron chi connectivity index (χ2n) is 7.11. The summed E-state index contributed by atoms with van der Waals surface area (Å²) in [6, 6.07) is 10.4. The van der Waals surface area contributed by atoms with Crippen LogP contribution in [0.2, 0.25) is 5.02 Å². The molecule has 0 fully saturated rings. The zero-order valence-corrected chi connectivity index (χ0v) is 20.2. The number of hydrogen-bond donors (Lipinski definition) is 1. The highest BCUT2D eigenvalue weighted by molar-refractivity contribution is 6.31. The predicted octanol–water partition coefficient (Wildman–Crippen LogP) is 5.26. The van der Waals surface area contributed by atoms with E-state index in [0.717, 1.165) is 5.56 Å². The average molecular weight is 483 g/mol. The van der Waals surface area contributed by atoms with Crippen LogP contribution in [0.15, 0.2) is 48.6 Å². The third kappa shape index (κ3) is 7.39. The first-order valence-corrected chi connectivity index (χ1v) is 11.1. The van der Waals surface area contributed by atoms with E-state index in [2.05, 4.69) is 11.9 Å². The highest BCUT2D eigenvalue weighted by Crippen LogP contribution is 2.35. The largest absolute Gasteiger partial charge is 0.490 e. The standard InChI is InChI=1S/C26H27ClN2O5/c1-5-8-19-11-18(13-23(32-6-2)25(19)34-16-24(30)33-7-3)12-20(15-28)26(31)29-21-10-9-17(4)22(27)14-21/h5,9-14H,1,6-8,16H2,2-4H3,(H,29,31)/b20-12-. The maximum Gasteiger partial charge on any atom is 0.344 e. The fourth-order valence-corrected chi connectivity index (χ4v) is 3.20. The molecule has 0 saturated carbocycles. The second kappa shape index (κ2) is 13.1. The molecule has 0 atom stereocenters. The molecule has 0 aliphatic rings. The summed E-state index contributed by atoms with van der Waals surface area (Å²) in [5.74, 6) is -0.323. The number of amides is 1. The normalized spacial score (nSPS) is 10.7. The van der Waals surface area contributed by atoms with Gasteiger partial charge >= 0.3 is 5.97 Å². The Balaban J connectivity index is 2.39. The van der Waals surface area contributed by atoms with Crippen LogP contribution in [-0.4, -0.2) is 31.7 Å². The van der Waals surface area contributed by atoms with Crippen molar-refractivity contribution in [3.8, 4) is 17.6 Å². The van der Waals surface area contributed by atoms with Crippen LogP contribution in [0.3, 0.4) is 0 Å². The molecular formula is C26H27ClN2O5. The Bertz CT molecular complexity index is 1130. The summed E-state index contributed by atoms with van der Waals surface area (Å²) >= 11 is 6.12. The van der Waals surface area contributed by atoms with Gasteiger partial charge in [0.2, 0.25) is 0 Å². The van der Waals surface area contributed by atoms with E-state index in [1.54, 1.807) is 43.3 Å². The van der Waals surface area contributed by atoms with Gasteiger partial charge in [-0.1, -0.05) is 23.7 Å². The van der Waals surface area contributed by atoms with E-state index >= 15 is 0 Å². The molecule has 0 spiro atoms. The lowest BCUT2D eigenvalue weighted by atomic mass is 10.0. The fraction of sp³-hybridized carbons (Fsp3) is 0.269. The van der Waals surface area contributed by atoms with Crippen LogP contribution in [0.25, 0.3) is 6.08 Å². The molecule has 1 N–H and O–H groups in total. The molecule has 0 heterocycles. The Hall–Kier alpha value is -3.76. The van der Waals surface area contributed by atoms with Gasteiger partial charge < -0.3 is 19.5 Å². The minimum Gasteiger partial charge on any atom is -0.490 e. The number of carbonyl (C=O) groups excluding carboxylic acids is 2. The number of nitriles is 1. The highest BCUT2D eigenvalue weighted by atomic mass is 35.5. The van der Waals surface area contributed by atoms with Crippen molar-refractivity contribution in [3.05, 3.63) is 70.3 Å². The lowest BCUT2D eigenvalue weighted by Gasteiger charge is -2.16. The maximum absolute atomic E-state index is 12.7. The minimum absolute atomic E-state index is 0.108. The van der Waals surface area contributed by atoms with E-state index in [9.17, 15) is 14.9 Å². The minimum atomic E-state index is -0.576. The number of carbonyl (C=O) groups is 2. The number of rotatable bonds is 11. The number of halogens is 1. The maximum atomic E-state index is 12.7. The van der Waals surface area contributed by atoms with Crippen molar-refractivity contribution in [3.63, 3.8) is 0 Å². The van der Waals surface area contributed by atoms with E-state index in [-0.39, 0.29) is 18.8 Å². The van der Waals surface area contributed by atoms with Gasteiger partial charge in [-0.25, -0.2) is 4.79 Å². The summed E-state index contributed by atoms with van der Waals surface area (Å²) in [5, 5.41) is 12.8. The first kappa shape index (κ1) is 26.5. The number of esters is 1. The lowest BCUT2D eigenvalue weighted by Crippen LogP contribution is -2.16. The molecule has 1 amide bonds. The van der Waals surface area contributed by atoms with Crippen LogP contribution >= 0.6 is 11.6 Å². The third-order valence-electron chi connectivity index (χ3n) is 4.56. The fourth-order valence-electron chi connectivity index (χ4n) is 3.02. The Kier molecular flexibility index (Phi) is 10.2. The van der Waals surface area contributed by atoms with Crippen molar-refractivity contribution < 1.29 is 23.8 Å². The molecular weight excluding hydrogens is 456 g/mol. The van der Waals surface area contributed by atoms with Gasteiger partial charge in [0, 0.05) is 16.3 Å². The van der Waals surface area contributed by atoms with Crippen LogP contribution in [-0.2, 0) is 20.7 Å². The van der Waals surface area contributed by atoms with Crippen molar-refractivity contribution in [1.82, 2.24) is 0 Å². The van der Waals surface area contributed by atoms with Gasteiger partial charge in [0.15, 0.2) is 18.1 Å². The molecule has 0 unspecified atom stereocenters. The first-order valence-electron chi connectivity index (χ1n) is 10.7. The molecule has 0 saturated heterocycles. The zero-order chi connectivity index (χ0) is 25.1. The molecule has 0 aromatic heterocycles. The van der Waals surface area contributed by atoms with Crippen molar-refractivity contribution >= 4 is 35.2 Å². The van der Waals surface area contributed by atoms with Gasteiger partial charge in [0.25, 0.3) is 5.91 Å². The van der Waals surface area contributed by atoms with Crippen LogP contribution in [0.4, 0.5) is 5.69 Å². The van der Waals surface area contributed by atoms with Gasteiger partial charge in [0.1, 0.15) is 11.6 Å². The molecule has 2 aromatic rings. The van der Waals surface area contributed by atoms with Gasteiger partial charge in [0.05, 0.1) is 13.2 Å². The van der Waals surface area contributed by atoms with Crippen LogP contribution in [0, 0.1) is 18.3 Å². The van der Waals surface area contributed by atoms with Crippen molar-refractivity contribution in [1.29, 1.82) is 5.26 Å². The number of nitrogens with zero attached hydrogens (tertiary/aromatic N) is 1. The summed E-state index contributed by atoms with van der Waals surface area (Å²) in [6.45, 7) is 9.45. The van der Waals surface area contributed by atoms with Gasteiger partial charge in [-0.2, -0.15) is 5.26 Å². The van der Waals surface area contributed by atoms with Crippen molar-refractivity contribution in [2.45, 2.75) is 27.2 Å². The summed E-state index contributed by atoms with van der Waals surface area (Å²) in [4.78, 5) is 24.5. The van der Waals surface area contributed by atoms with E-state index < -0.39 is 11.9 Å². The topological polar surface area (TPSA) is 97.7 Å². The Morgan fingerprint density at radius 1 is 1.18 bits per heavy atom. The lowest BCUT2D eigenvalue weighted by molar-refractivity contribution is -0.145. The van der Waals surface area contributed by atoms with Crippen LogP contribution in [0.1, 0.15) is 30.5 Å². The van der Waals surface area contributed by atoms with E-state index in [1.165, 1.54) is 6.08 Å². The summed E-state index contributed by atoms with van der Waals surface area (Å²) in [7, 11) is 0. The molecule has 34 heavy (non-hydrogen) atoms. The van der Waals surface area contributed by atoms with Crippen LogP contribution < -0.4 is 14.8 Å². The van der Waals surface area contributed by atoms with E-state index in [4.69, 9.17) is 25.8 Å². The molecule has 0 bridgehead atoms. The zero-order valence-electron chi connectivity index (χ0n) is 19.4. The quantitative estimate of drug-likeness (QED) is 0.203. The summed E-state index contributed by atoms with van der Waals surface area (Å²) < 4.78 is 16.3. The molecule has 7 nitrogen and oxygen atoms in total. The SMILES string of the molecule is C=CCc1cc(/C=C(/C#N)C(=O)Nc2ccc(C)c(Cl)c2)cc(OCC)c1OCC(=O)OCC. The third-order valence-corrected chi connectivity index (χ3v) is 4.97. The summed E-state index contributed by atoms with van der Waals surface area (Å²) in [5.41, 5.74) is 2.48. The number of benzene rings is 2. The Labute approximate surface area is 204 Å². The molecule has 2 aromatic carbocycles. The number of hydrogen-bond acceptors (Lipinski definition) is 6. The Morgan fingerprint density at radius 3 is 2.56 bits per heavy atom. The van der Waals surface area contributed by atoms with Crippen LogP contribution in [0.5, 0.6) is 11.5 Å². The average Bonchev–Trinajstić information content (AvgIpc) is 2.80. The van der Waals surface area contributed by atoms with Gasteiger partial charge in [-0.15, -0.1) is 6.58 Å². The van der Waals surface area contributed by atoms with Gasteiger partial charge in [-0.05, 0) is 68.7 Å². The smallest absolute Gasteiger partial charge is 0.344 e. The molecule has 8 heteroatoms. The number of ether oxygens (including phenoxy) is 3. The van der Waals surface area contributed by atoms with Gasteiger partial charge in [-0.3, -0.25) is 4.79 Å². The number of anilines is 1. The number of nitrogens with one attached hydrogen (secondary N) is 1. The first-order chi connectivity index (χ1) is 16.3. The van der Waals surface area contributed by atoms with Crippen molar-refractivity contribution in [2.24, 2.45) is 0 Å². The monoisotopic (exact) mass is 482 g/mol. The van der Waals surface area contributed by atoms with E-state index in [1.807, 2.05) is 19.9 Å². The molecule has 0 radical (unpaired) electrons. The molecule has 2 rings (SSSR count). The number of allylic oxidation sites excluding steroid dienone is 1. The molecule has 0 aliphatic heterocycles. The molecule has 178 valence electrons. The highest BCUT2D eigenvalue weighted by Gasteiger charge is 2.17. The second-order valence-corrected chi connectivity index (χ2v) is 7.52. The Morgan fingerprint density at radius 2 is 1.94 bits per heavy atom. The predicted molar refractivity (Wildman–Crippen MR) is 132 cm³/mol. The number of aryl methyl sites for hydroxylation is 1. The van der Waals surface area contributed by atoms with Crippen molar-refractivity contribution in [2.75, 3.05) is 25.1 Å². The van der Waals surface area contributed by atoms with E-state index in [0.29, 0.717) is 46.4 Å². The molecule has 0 aliphatic carbocycles. The summed E-state index contributed by atoms with van der Waals surface area (Å²) in [6.07, 6.45) is 3.54.